The van der Waals surface area contributed by atoms with Crippen molar-refractivity contribution < 1.29 is 19.1 Å². The van der Waals surface area contributed by atoms with Crippen molar-refractivity contribution in [3.05, 3.63) is 59.6 Å². The summed E-state index contributed by atoms with van der Waals surface area (Å²) in [6, 6.07) is 11.1. The lowest BCUT2D eigenvalue weighted by molar-refractivity contribution is -0.130. The molecule has 1 atom stereocenters. The molecule has 31 heavy (non-hydrogen) atoms. The number of nitrogens with one attached hydrogen (secondary N) is 2. The smallest absolute Gasteiger partial charge is 0.325 e. The Hall–Kier alpha value is -3.79. The zero-order valence-electron chi connectivity index (χ0n) is 16.6. The van der Waals surface area contributed by atoms with Crippen LogP contribution in [0.1, 0.15) is 12.0 Å². The molecule has 3 aromatic rings. The lowest BCUT2D eigenvalue weighted by Gasteiger charge is -2.13. The molecule has 4 rings (SSSR count). The summed E-state index contributed by atoms with van der Waals surface area (Å²) in [6.07, 6.45) is 1.49. The van der Waals surface area contributed by atoms with E-state index in [4.69, 9.17) is 4.74 Å². The second-order valence-electron chi connectivity index (χ2n) is 6.78. The van der Waals surface area contributed by atoms with Crippen LogP contribution in [0.15, 0.2) is 54.0 Å². The van der Waals surface area contributed by atoms with E-state index in [0.29, 0.717) is 22.3 Å². The third-order valence-corrected chi connectivity index (χ3v) is 5.43. The number of rotatable bonds is 7. The zero-order valence-corrected chi connectivity index (χ0v) is 17.4. The zero-order chi connectivity index (χ0) is 21.8. The molecule has 1 aliphatic rings. The first-order valence-electron chi connectivity index (χ1n) is 9.45. The molecule has 1 aromatic carbocycles. The highest BCUT2D eigenvalue weighted by Gasteiger charge is 2.39. The van der Waals surface area contributed by atoms with E-state index < -0.39 is 23.9 Å². The van der Waals surface area contributed by atoms with Crippen molar-refractivity contribution in [1.82, 2.24) is 20.2 Å². The van der Waals surface area contributed by atoms with E-state index >= 15 is 0 Å². The Kier molecular flexibility index (Phi) is 5.89. The summed E-state index contributed by atoms with van der Waals surface area (Å²) >= 11 is 1.26. The summed E-state index contributed by atoms with van der Waals surface area (Å²) in [7, 11) is 1.56. The van der Waals surface area contributed by atoms with Gasteiger partial charge >= 0.3 is 6.03 Å². The molecular formula is C21H19N5O4S. The fourth-order valence-corrected chi connectivity index (χ4v) is 3.82. The Balaban J connectivity index is 1.35. The topological polar surface area (TPSA) is 114 Å². The molecule has 9 nitrogen and oxygen atoms in total. The van der Waals surface area contributed by atoms with Crippen LogP contribution in [-0.4, -0.2) is 45.9 Å². The van der Waals surface area contributed by atoms with Gasteiger partial charge in [0.05, 0.1) is 25.8 Å². The molecule has 2 N–H and O–H groups in total. The van der Waals surface area contributed by atoms with Crippen molar-refractivity contribution in [2.24, 2.45) is 0 Å². The van der Waals surface area contributed by atoms with Gasteiger partial charge < -0.3 is 15.4 Å². The SMILES string of the molecule is COc1ccc(CN2C(=O)N[C@@H](CC(=O)Nc3nc(-c4ccccn4)cs3)C2=O)cc1. The molecule has 4 amide bonds. The van der Waals surface area contributed by atoms with E-state index in [2.05, 4.69) is 20.6 Å². The highest BCUT2D eigenvalue weighted by Crippen LogP contribution is 2.23. The predicted octanol–water partition coefficient (Wildman–Crippen LogP) is 2.66. The quantitative estimate of drug-likeness (QED) is 0.550. The van der Waals surface area contributed by atoms with Crippen LogP contribution in [0.2, 0.25) is 0 Å². The number of hydrogen-bond acceptors (Lipinski definition) is 7. The summed E-state index contributed by atoms with van der Waals surface area (Å²) in [6.45, 7) is 0.118. The average molecular weight is 437 g/mol. The minimum atomic E-state index is -0.916. The molecule has 0 spiro atoms. The molecule has 158 valence electrons. The first-order chi connectivity index (χ1) is 15.0. The Labute approximate surface area is 182 Å². The third-order valence-electron chi connectivity index (χ3n) is 4.67. The maximum Gasteiger partial charge on any atom is 0.325 e. The lowest BCUT2D eigenvalue weighted by Crippen LogP contribution is -2.34. The molecule has 1 aliphatic heterocycles. The van der Waals surface area contributed by atoms with Gasteiger partial charge in [0.2, 0.25) is 5.91 Å². The molecule has 1 fully saturated rings. The van der Waals surface area contributed by atoms with Gasteiger partial charge in [0.1, 0.15) is 17.5 Å². The Morgan fingerprint density at radius 3 is 2.71 bits per heavy atom. The van der Waals surface area contributed by atoms with Crippen molar-refractivity contribution in [1.29, 1.82) is 0 Å². The van der Waals surface area contributed by atoms with E-state index in [-0.39, 0.29) is 13.0 Å². The monoisotopic (exact) mass is 437 g/mol. The largest absolute Gasteiger partial charge is 0.497 e. The summed E-state index contributed by atoms with van der Waals surface area (Å²) in [5.74, 6) is -0.167. The molecule has 0 radical (unpaired) electrons. The molecule has 3 heterocycles. The molecular weight excluding hydrogens is 418 g/mol. The number of ether oxygens (including phenoxy) is 1. The second kappa shape index (κ2) is 8.92. The number of carbonyl (C=O) groups is 3. The van der Waals surface area contributed by atoms with Gasteiger partial charge in [0.15, 0.2) is 5.13 Å². The molecule has 1 saturated heterocycles. The number of urea groups is 1. The van der Waals surface area contributed by atoms with Crippen molar-refractivity contribution in [2.75, 3.05) is 12.4 Å². The molecule has 2 aromatic heterocycles. The van der Waals surface area contributed by atoms with E-state index in [1.54, 1.807) is 43.0 Å². The van der Waals surface area contributed by atoms with Crippen LogP contribution in [0.4, 0.5) is 9.93 Å². The van der Waals surface area contributed by atoms with Gasteiger partial charge in [-0.2, -0.15) is 0 Å². The van der Waals surface area contributed by atoms with Crippen molar-refractivity contribution >= 4 is 34.3 Å². The maximum atomic E-state index is 12.6. The number of amides is 4. The number of carbonyl (C=O) groups excluding carboxylic acids is 3. The molecule has 0 aliphatic carbocycles. The van der Waals surface area contributed by atoms with E-state index in [0.717, 1.165) is 10.5 Å². The fourth-order valence-electron chi connectivity index (χ4n) is 3.10. The van der Waals surface area contributed by atoms with Crippen LogP contribution in [0.5, 0.6) is 5.75 Å². The minimum absolute atomic E-state index is 0.118. The van der Waals surface area contributed by atoms with Crippen LogP contribution >= 0.6 is 11.3 Å². The average Bonchev–Trinajstić information content (AvgIpc) is 3.35. The second-order valence-corrected chi connectivity index (χ2v) is 7.64. The van der Waals surface area contributed by atoms with Gasteiger partial charge in [0.25, 0.3) is 5.91 Å². The van der Waals surface area contributed by atoms with Crippen LogP contribution in [-0.2, 0) is 16.1 Å². The first kappa shape index (κ1) is 20.5. The normalized spacial score (nSPS) is 15.6. The van der Waals surface area contributed by atoms with Gasteiger partial charge in [-0.05, 0) is 29.8 Å². The first-order valence-corrected chi connectivity index (χ1v) is 10.3. The number of imide groups is 1. The number of anilines is 1. The Bertz CT molecular complexity index is 1100. The van der Waals surface area contributed by atoms with Gasteiger partial charge in [-0.15, -0.1) is 11.3 Å². The highest BCUT2D eigenvalue weighted by molar-refractivity contribution is 7.14. The Morgan fingerprint density at radius 2 is 2.00 bits per heavy atom. The van der Waals surface area contributed by atoms with Gasteiger partial charge in [0, 0.05) is 11.6 Å². The number of pyridine rings is 1. The van der Waals surface area contributed by atoms with Gasteiger partial charge in [-0.3, -0.25) is 19.5 Å². The predicted molar refractivity (Wildman–Crippen MR) is 114 cm³/mol. The standard InChI is InChI=1S/C21H19N5O4S/c1-30-14-7-5-13(6-8-14)11-26-19(28)16(24-21(26)29)10-18(27)25-20-23-17(12-31-20)15-4-2-3-9-22-15/h2-9,12,16H,10-11H2,1H3,(H,24,29)(H,23,25,27)/t16-/m0/s1. The van der Waals surface area contributed by atoms with Crippen LogP contribution in [0.25, 0.3) is 11.4 Å². The van der Waals surface area contributed by atoms with Crippen molar-refractivity contribution in [3.63, 3.8) is 0 Å². The number of methoxy groups -OCH3 is 1. The number of benzene rings is 1. The van der Waals surface area contributed by atoms with E-state index in [1.807, 2.05) is 18.2 Å². The molecule has 0 bridgehead atoms. The molecule has 10 heteroatoms. The Morgan fingerprint density at radius 1 is 1.19 bits per heavy atom. The van der Waals surface area contributed by atoms with Crippen molar-refractivity contribution in [3.8, 4) is 17.1 Å². The van der Waals surface area contributed by atoms with E-state index in [9.17, 15) is 14.4 Å². The highest BCUT2D eigenvalue weighted by atomic mass is 32.1. The van der Waals surface area contributed by atoms with Crippen LogP contribution in [0, 0.1) is 0 Å². The summed E-state index contributed by atoms with van der Waals surface area (Å²) in [5, 5.41) is 7.43. The summed E-state index contributed by atoms with van der Waals surface area (Å²) in [5.41, 5.74) is 2.13. The van der Waals surface area contributed by atoms with Crippen molar-refractivity contribution in [2.45, 2.75) is 19.0 Å². The molecule has 0 unspecified atom stereocenters. The van der Waals surface area contributed by atoms with Crippen LogP contribution < -0.4 is 15.4 Å². The summed E-state index contributed by atoms with van der Waals surface area (Å²) in [4.78, 5) is 47.0. The lowest BCUT2D eigenvalue weighted by atomic mass is 10.1. The van der Waals surface area contributed by atoms with Gasteiger partial charge in [-0.1, -0.05) is 18.2 Å². The summed E-state index contributed by atoms with van der Waals surface area (Å²) < 4.78 is 5.11. The number of aromatic nitrogens is 2. The maximum absolute atomic E-state index is 12.6. The number of hydrogen-bond donors (Lipinski definition) is 2. The van der Waals surface area contributed by atoms with Gasteiger partial charge in [-0.25, -0.2) is 9.78 Å². The fraction of sp³-hybridized carbons (Fsp3) is 0.190. The number of thiazole rings is 1. The third kappa shape index (κ3) is 4.69. The minimum Gasteiger partial charge on any atom is -0.497 e. The number of nitrogens with zero attached hydrogens (tertiary/aromatic N) is 3. The van der Waals surface area contributed by atoms with Crippen LogP contribution in [0.3, 0.4) is 0 Å². The van der Waals surface area contributed by atoms with E-state index in [1.165, 1.54) is 11.3 Å². The molecule has 0 saturated carbocycles.